The second kappa shape index (κ2) is 4.85. The van der Waals surface area contributed by atoms with Gasteiger partial charge in [0, 0.05) is 18.5 Å². The Hall–Kier alpha value is -1.75. The highest BCUT2D eigenvalue weighted by molar-refractivity contribution is 5.52. The average Bonchev–Trinajstić information content (AvgIpc) is 2.76. The molecule has 0 aliphatic rings. The molecule has 0 bridgehead atoms. The zero-order valence-electron chi connectivity index (χ0n) is 8.90. The highest BCUT2D eigenvalue weighted by atomic mass is 19.1. The van der Waals surface area contributed by atoms with Crippen LogP contribution >= 0.6 is 0 Å². The summed E-state index contributed by atoms with van der Waals surface area (Å²) in [7, 11) is 1.86. The first-order valence-corrected chi connectivity index (χ1v) is 5.02. The molecule has 0 spiro atoms. The first kappa shape index (κ1) is 10.8. The van der Waals surface area contributed by atoms with Gasteiger partial charge in [0.1, 0.15) is 5.82 Å². The fourth-order valence-corrected chi connectivity index (χ4v) is 1.30. The molecule has 2 rings (SSSR count). The molecular weight excluding hydrogens is 209 g/mol. The van der Waals surface area contributed by atoms with Crippen LogP contribution in [0.3, 0.4) is 0 Å². The van der Waals surface area contributed by atoms with Gasteiger partial charge in [0.15, 0.2) is 5.82 Å². The van der Waals surface area contributed by atoms with Crippen LogP contribution in [0.4, 0.5) is 4.39 Å². The van der Waals surface area contributed by atoms with Crippen molar-refractivity contribution in [3.63, 3.8) is 0 Å². The Morgan fingerprint density at radius 3 is 2.75 bits per heavy atom. The van der Waals surface area contributed by atoms with Crippen LogP contribution in [0.2, 0.25) is 0 Å². The molecule has 5 heteroatoms. The summed E-state index contributed by atoms with van der Waals surface area (Å²) in [6.45, 7) is 0.794. The molecule has 84 valence electrons. The van der Waals surface area contributed by atoms with Gasteiger partial charge in [-0.2, -0.15) is 4.98 Å². The first-order valence-electron chi connectivity index (χ1n) is 5.02. The van der Waals surface area contributed by atoms with Crippen molar-refractivity contribution in [2.24, 2.45) is 0 Å². The number of nitrogens with one attached hydrogen (secondary N) is 1. The molecular formula is C11H12FN3O. The number of aromatic nitrogens is 2. The van der Waals surface area contributed by atoms with E-state index in [9.17, 15) is 4.39 Å². The highest BCUT2D eigenvalue weighted by Gasteiger charge is 2.07. The highest BCUT2D eigenvalue weighted by Crippen LogP contribution is 2.17. The van der Waals surface area contributed by atoms with E-state index < -0.39 is 0 Å². The Morgan fingerprint density at radius 2 is 2.06 bits per heavy atom. The SMILES string of the molecule is CNCCc1noc(-c2ccc(F)cc2)n1. The lowest BCUT2D eigenvalue weighted by Crippen LogP contribution is -2.10. The van der Waals surface area contributed by atoms with Gasteiger partial charge in [-0.15, -0.1) is 0 Å². The number of nitrogens with zero attached hydrogens (tertiary/aromatic N) is 2. The van der Waals surface area contributed by atoms with E-state index in [1.807, 2.05) is 7.05 Å². The molecule has 0 aliphatic carbocycles. The van der Waals surface area contributed by atoms with Gasteiger partial charge in [-0.25, -0.2) is 4.39 Å². The second-order valence-electron chi connectivity index (χ2n) is 3.38. The largest absolute Gasteiger partial charge is 0.334 e. The Kier molecular flexibility index (Phi) is 3.26. The van der Waals surface area contributed by atoms with Gasteiger partial charge in [-0.3, -0.25) is 0 Å². The van der Waals surface area contributed by atoms with Gasteiger partial charge in [0.2, 0.25) is 0 Å². The van der Waals surface area contributed by atoms with E-state index in [2.05, 4.69) is 15.5 Å². The Labute approximate surface area is 92.5 Å². The fraction of sp³-hybridized carbons (Fsp3) is 0.273. The fourth-order valence-electron chi connectivity index (χ4n) is 1.30. The molecule has 0 saturated carbocycles. The number of likely N-dealkylation sites (N-methyl/N-ethyl adjacent to an activating group) is 1. The lowest BCUT2D eigenvalue weighted by molar-refractivity contribution is 0.422. The maximum Gasteiger partial charge on any atom is 0.257 e. The minimum absolute atomic E-state index is 0.279. The quantitative estimate of drug-likeness (QED) is 0.852. The molecule has 0 radical (unpaired) electrons. The number of halogens is 1. The smallest absolute Gasteiger partial charge is 0.257 e. The second-order valence-corrected chi connectivity index (χ2v) is 3.38. The van der Waals surface area contributed by atoms with Crippen LogP contribution in [0, 0.1) is 5.82 Å². The van der Waals surface area contributed by atoms with E-state index in [-0.39, 0.29) is 5.82 Å². The van der Waals surface area contributed by atoms with E-state index in [0.29, 0.717) is 18.1 Å². The van der Waals surface area contributed by atoms with Crippen LogP contribution in [0.1, 0.15) is 5.82 Å². The number of hydrogen-bond acceptors (Lipinski definition) is 4. The van der Waals surface area contributed by atoms with Gasteiger partial charge in [-0.1, -0.05) is 5.16 Å². The van der Waals surface area contributed by atoms with Gasteiger partial charge >= 0.3 is 0 Å². The lowest BCUT2D eigenvalue weighted by atomic mass is 10.2. The van der Waals surface area contributed by atoms with Crippen molar-refractivity contribution in [3.05, 3.63) is 35.9 Å². The molecule has 4 nitrogen and oxygen atoms in total. The van der Waals surface area contributed by atoms with E-state index >= 15 is 0 Å². The summed E-state index contributed by atoms with van der Waals surface area (Å²) in [6, 6.07) is 5.97. The van der Waals surface area contributed by atoms with Crippen LogP contribution in [0.25, 0.3) is 11.5 Å². The number of hydrogen-bond donors (Lipinski definition) is 1. The molecule has 0 unspecified atom stereocenters. The van der Waals surface area contributed by atoms with Crippen LogP contribution in [0.15, 0.2) is 28.8 Å². The standard InChI is InChI=1S/C11H12FN3O/c1-13-7-6-10-14-11(16-15-10)8-2-4-9(12)5-3-8/h2-5,13H,6-7H2,1H3. The van der Waals surface area contributed by atoms with Crippen molar-refractivity contribution in [2.45, 2.75) is 6.42 Å². The third kappa shape index (κ3) is 2.43. The average molecular weight is 221 g/mol. The molecule has 1 aromatic carbocycles. The van der Waals surface area contributed by atoms with Crippen molar-refractivity contribution >= 4 is 0 Å². The number of rotatable bonds is 4. The Bertz CT molecular complexity index is 453. The summed E-state index contributed by atoms with van der Waals surface area (Å²) in [5.41, 5.74) is 0.726. The lowest BCUT2D eigenvalue weighted by Gasteiger charge is -1.93. The van der Waals surface area contributed by atoms with Crippen molar-refractivity contribution in [3.8, 4) is 11.5 Å². The third-order valence-electron chi connectivity index (χ3n) is 2.16. The third-order valence-corrected chi connectivity index (χ3v) is 2.16. The normalized spacial score (nSPS) is 10.6. The van der Waals surface area contributed by atoms with E-state index in [1.165, 1.54) is 12.1 Å². The first-order chi connectivity index (χ1) is 7.79. The Morgan fingerprint density at radius 1 is 1.31 bits per heavy atom. The molecule has 0 saturated heterocycles. The van der Waals surface area contributed by atoms with Gasteiger partial charge < -0.3 is 9.84 Å². The molecule has 1 aromatic heterocycles. The topological polar surface area (TPSA) is 51.0 Å². The molecule has 16 heavy (non-hydrogen) atoms. The van der Waals surface area contributed by atoms with Crippen LogP contribution in [-0.4, -0.2) is 23.7 Å². The summed E-state index contributed by atoms with van der Waals surface area (Å²) in [5, 5.41) is 6.83. The van der Waals surface area contributed by atoms with Gasteiger partial charge in [0.05, 0.1) is 0 Å². The molecule has 1 N–H and O–H groups in total. The minimum Gasteiger partial charge on any atom is -0.334 e. The van der Waals surface area contributed by atoms with Crippen LogP contribution in [-0.2, 0) is 6.42 Å². The zero-order valence-corrected chi connectivity index (χ0v) is 8.90. The molecule has 0 fully saturated rings. The summed E-state index contributed by atoms with van der Waals surface area (Å²) < 4.78 is 17.8. The van der Waals surface area contributed by atoms with Crippen LogP contribution in [0.5, 0.6) is 0 Å². The van der Waals surface area contributed by atoms with Crippen molar-refractivity contribution in [2.75, 3.05) is 13.6 Å². The van der Waals surface area contributed by atoms with Crippen molar-refractivity contribution in [1.82, 2.24) is 15.5 Å². The maximum absolute atomic E-state index is 12.7. The van der Waals surface area contributed by atoms with Crippen LogP contribution < -0.4 is 5.32 Å². The summed E-state index contributed by atoms with van der Waals surface area (Å²) in [5.74, 6) is 0.790. The van der Waals surface area contributed by atoms with E-state index in [0.717, 1.165) is 12.1 Å². The molecule has 0 aliphatic heterocycles. The molecule has 0 amide bonds. The van der Waals surface area contributed by atoms with E-state index in [1.54, 1.807) is 12.1 Å². The predicted molar refractivity (Wildman–Crippen MR) is 57.3 cm³/mol. The van der Waals surface area contributed by atoms with Gasteiger partial charge in [0.25, 0.3) is 5.89 Å². The Balaban J connectivity index is 2.15. The zero-order chi connectivity index (χ0) is 11.4. The summed E-state index contributed by atoms with van der Waals surface area (Å²) >= 11 is 0. The molecule has 0 atom stereocenters. The number of benzene rings is 1. The van der Waals surface area contributed by atoms with Crippen molar-refractivity contribution < 1.29 is 8.91 Å². The van der Waals surface area contributed by atoms with Gasteiger partial charge in [-0.05, 0) is 31.3 Å². The maximum atomic E-state index is 12.7. The summed E-state index contributed by atoms with van der Waals surface area (Å²) in [6.07, 6.45) is 0.710. The monoisotopic (exact) mass is 221 g/mol. The van der Waals surface area contributed by atoms with Crippen molar-refractivity contribution in [1.29, 1.82) is 0 Å². The summed E-state index contributed by atoms with van der Waals surface area (Å²) in [4.78, 5) is 4.21. The molecule has 2 aromatic rings. The van der Waals surface area contributed by atoms with E-state index in [4.69, 9.17) is 4.52 Å². The predicted octanol–water partition coefficient (Wildman–Crippen LogP) is 1.64. The minimum atomic E-state index is -0.279. The molecule has 1 heterocycles.